The molecule has 0 bridgehead atoms. The predicted octanol–water partition coefficient (Wildman–Crippen LogP) is 2.35. The van der Waals surface area contributed by atoms with Crippen molar-refractivity contribution in [3.63, 3.8) is 0 Å². The molecule has 1 rings (SSSR count). The van der Waals surface area contributed by atoms with Gasteiger partial charge >= 0.3 is 0 Å². The highest BCUT2D eigenvalue weighted by atomic mass is 79.9. The van der Waals surface area contributed by atoms with Gasteiger partial charge in [0.05, 0.1) is 0 Å². The summed E-state index contributed by atoms with van der Waals surface area (Å²) in [7, 11) is -1.91. The van der Waals surface area contributed by atoms with Crippen molar-refractivity contribution in [1.82, 2.24) is 9.71 Å². The molecule has 0 aliphatic rings. The molecule has 0 atom stereocenters. The Kier molecular flexibility index (Phi) is 5.55. The van der Waals surface area contributed by atoms with Gasteiger partial charge in [-0.25, -0.2) is 18.1 Å². The van der Waals surface area contributed by atoms with E-state index < -0.39 is 10.0 Å². The van der Waals surface area contributed by atoms with Crippen LogP contribution in [0, 0.1) is 0 Å². The van der Waals surface area contributed by atoms with E-state index in [1.165, 1.54) is 0 Å². The SMILES string of the molecule is CCC(CC)NS(=O)(=O)c1cc(Br)cnc1NC. The lowest BCUT2D eigenvalue weighted by molar-refractivity contribution is 0.530. The molecule has 0 saturated carbocycles. The molecule has 0 amide bonds. The maximum atomic E-state index is 12.3. The van der Waals surface area contributed by atoms with Gasteiger partial charge in [0.1, 0.15) is 10.7 Å². The van der Waals surface area contributed by atoms with Crippen molar-refractivity contribution in [3.05, 3.63) is 16.7 Å². The Morgan fingerprint density at radius 2 is 2.00 bits per heavy atom. The van der Waals surface area contributed by atoms with E-state index in [1.807, 2.05) is 13.8 Å². The summed E-state index contributed by atoms with van der Waals surface area (Å²) in [6.07, 6.45) is 3.07. The number of hydrogen-bond donors (Lipinski definition) is 2. The topological polar surface area (TPSA) is 71.1 Å². The average molecular weight is 336 g/mol. The summed E-state index contributed by atoms with van der Waals surface area (Å²) < 4.78 is 27.9. The number of aromatic nitrogens is 1. The van der Waals surface area contributed by atoms with Crippen LogP contribution in [0.3, 0.4) is 0 Å². The Bertz CT molecular complexity index is 501. The molecular formula is C11H18BrN3O2S. The summed E-state index contributed by atoms with van der Waals surface area (Å²) >= 11 is 3.24. The highest BCUT2D eigenvalue weighted by Crippen LogP contribution is 2.23. The van der Waals surface area contributed by atoms with Gasteiger partial charge in [-0.1, -0.05) is 13.8 Å². The smallest absolute Gasteiger partial charge is 0.244 e. The summed E-state index contributed by atoms with van der Waals surface area (Å²) in [5.74, 6) is 0.344. The maximum absolute atomic E-state index is 12.3. The summed E-state index contributed by atoms with van der Waals surface area (Å²) in [5.41, 5.74) is 0. The number of nitrogens with zero attached hydrogens (tertiary/aromatic N) is 1. The molecule has 18 heavy (non-hydrogen) atoms. The highest BCUT2D eigenvalue weighted by molar-refractivity contribution is 9.10. The monoisotopic (exact) mass is 335 g/mol. The zero-order chi connectivity index (χ0) is 13.8. The third-order valence-electron chi connectivity index (χ3n) is 2.65. The second-order valence-corrected chi connectivity index (χ2v) is 6.48. The molecular weight excluding hydrogens is 318 g/mol. The van der Waals surface area contributed by atoms with E-state index in [1.54, 1.807) is 19.3 Å². The van der Waals surface area contributed by atoms with Gasteiger partial charge in [-0.05, 0) is 34.8 Å². The van der Waals surface area contributed by atoms with Crippen LogP contribution >= 0.6 is 15.9 Å². The van der Waals surface area contributed by atoms with Gasteiger partial charge in [0.25, 0.3) is 0 Å². The van der Waals surface area contributed by atoms with Crippen molar-refractivity contribution in [1.29, 1.82) is 0 Å². The van der Waals surface area contributed by atoms with Crippen molar-refractivity contribution >= 4 is 31.8 Å². The van der Waals surface area contributed by atoms with Crippen LogP contribution in [0.5, 0.6) is 0 Å². The largest absolute Gasteiger partial charge is 0.372 e. The fourth-order valence-electron chi connectivity index (χ4n) is 1.55. The van der Waals surface area contributed by atoms with Gasteiger partial charge in [-0.15, -0.1) is 0 Å². The van der Waals surface area contributed by atoms with Crippen molar-refractivity contribution < 1.29 is 8.42 Å². The van der Waals surface area contributed by atoms with Crippen LogP contribution in [-0.4, -0.2) is 26.5 Å². The van der Waals surface area contributed by atoms with E-state index in [0.717, 1.165) is 12.8 Å². The highest BCUT2D eigenvalue weighted by Gasteiger charge is 2.22. The van der Waals surface area contributed by atoms with Crippen LogP contribution in [0.25, 0.3) is 0 Å². The summed E-state index contributed by atoms with van der Waals surface area (Å²) in [6.45, 7) is 3.91. The number of sulfonamides is 1. The second kappa shape index (κ2) is 6.49. The lowest BCUT2D eigenvalue weighted by atomic mass is 10.2. The number of hydrogen-bond acceptors (Lipinski definition) is 4. The second-order valence-electron chi connectivity index (χ2n) is 3.88. The standard InChI is InChI=1S/C11H18BrN3O2S/c1-4-9(5-2)15-18(16,17)10-6-8(12)7-14-11(10)13-3/h6-7,9,15H,4-5H2,1-3H3,(H,13,14). The minimum atomic E-state index is -3.55. The van der Waals surface area contributed by atoms with Crippen LogP contribution in [0.15, 0.2) is 21.6 Å². The summed E-state index contributed by atoms with van der Waals surface area (Å²) in [6, 6.07) is 1.49. The van der Waals surface area contributed by atoms with Crippen LogP contribution < -0.4 is 10.0 Å². The first-order valence-corrected chi connectivity index (χ1v) is 8.07. The lowest BCUT2D eigenvalue weighted by Gasteiger charge is -2.16. The van der Waals surface area contributed by atoms with Gasteiger partial charge in [0.15, 0.2) is 0 Å². The van der Waals surface area contributed by atoms with E-state index in [4.69, 9.17) is 0 Å². The number of rotatable bonds is 6. The molecule has 1 aromatic heterocycles. The summed E-state index contributed by atoms with van der Waals surface area (Å²) in [5, 5.41) is 2.79. The van der Waals surface area contributed by atoms with Crippen molar-refractivity contribution in [3.8, 4) is 0 Å². The fourth-order valence-corrected chi connectivity index (χ4v) is 3.62. The molecule has 102 valence electrons. The molecule has 7 heteroatoms. The van der Waals surface area contributed by atoms with Crippen molar-refractivity contribution in [2.24, 2.45) is 0 Å². The van der Waals surface area contributed by atoms with E-state index in [2.05, 4.69) is 31.0 Å². The predicted molar refractivity (Wildman–Crippen MR) is 76.2 cm³/mol. The van der Waals surface area contributed by atoms with E-state index in [0.29, 0.717) is 10.3 Å². The quantitative estimate of drug-likeness (QED) is 0.837. The van der Waals surface area contributed by atoms with Gasteiger partial charge in [-0.3, -0.25) is 0 Å². The number of anilines is 1. The van der Waals surface area contributed by atoms with Crippen LogP contribution in [0.1, 0.15) is 26.7 Å². The number of pyridine rings is 1. The molecule has 0 aromatic carbocycles. The number of halogens is 1. The van der Waals surface area contributed by atoms with E-state index in [-0.39, 0.29) is 10.9 Å². The molecule has 0 fully saturated rings. The van der Waals surface area contributed by atoms with Crippen LogP contribution in [0.4, 0.5) is 5.82 Å². The molecule has 1 heterocycles. The van der Waals surface area contributed by atoms with Gasteiger partial charge in [0, 0.05) is 23.8 Å². The molecule has 0 aliphatic heterocycles. The molecule has 0 aliphatic carbocycles. The first kappa shape index (κ1) is 15.4. The third kappa shape index (κ3) is 3.66. The molecule has 1 aromatic rings. The minimum Gasteiger partial charge on any atom is -0.372 e. The minimum absolute atomic E-state index is 0.0568. The Labute approximate surface area is 117 Å². The Hall–Kier alpha value is -0.660. The lowest BCUT2D eigenvalue weighted by Crippen LogP contribution is -2.34. The molecule has 2 N–H and O–H groups in total. The Morgan fingerprint density at radius 3 is 2.50 bits per heavy atom. The van der Waals surface area contributed by atoms with E-state index in [9.17, 15) is 8.42 Å². The van der Waals surface area contributed by atoms with Crippen molar-refractivity contribution in [2.45, 2.75) is 37.6 Å². The van der Waals surface area contributed by atoms with Gasteiger partial charge < -0.3 is 5.32 Å². The molecule has 5 nitrogen and oxygen atoms in total. The molecule has 0 unspecified atom stereocenters. The zero-order valence-electron chi connectivity index (χ0n) is 10.7. The first-order chi connectivity index (χ1) is 8.44. The Morgan fingerprint density at radius 1 is 1.39 bits per heavy atom. The third-order valence-corrected chi connectivity index (χ3v) is 4.62. The number of nitrogens with one attached hydrogen (secondary N) is 2. The van der Waals surface area contributed by atoms with Crippen LogP contribution in [-0.2, 0) is 10.0 Å². The fraction of sp³-hybridized carbons (Fsp3) is 0.545. The molecule has 0 saturated heterocycles. The summed E-state index contributed by atoms with van der Waals surface area (Å²) in [4.78, 5) is 4.20. The molecule has 0 radical (unpaired) electrons. The first-order valence-electron chi connectivity index (χ1n) is 5.80. The van der Waals surface area contributed by atoms with Gasteiger partial charge in [0.2, 0.25) is 10.0 Å². The maximum Gasteiger partial charge on any atom is 0.244 e. The Balaban J connectivity index is 3.15. The van der Waals surface area contributed by atoms with Crippen LogP contribution in [0.2, 0.25) is 0 Å². The van der Waals surface area contributed by atoms with Crippen molar-refractivity contribution in [2.75, 3.05) is 12.4 Å². The molecule has 0 spiro atoms. The van der Waals surface area contributed by atoms with Gasteiger partial charge in [-0.2, -0.15) is 0 Å². The average Bonchev–Trinajstić information content (AvgIpc) is 2.36. The zero-order valence-corrected chi connectivity index (χ0v) is 13.1. The normalized spacial score (nSPS) is 11.8. The van der Waals surface area contributed by atoms with E-state index >= 15 is 0 Å².